The van der Waals surface area contributed by atoms with Crippen molar-refractivity contribution in [3.05, 3.63) is 52.9 Å². The van der Waals surface area contributed by atoms with Crippen molar-refractivity contribution in [1.29, 1.82) is 5.26 Å². The molecule has 1 aliphatic heterocycles. The van der Waals surface area contributed by atoms with E-state index in [1.807, 2.05) is 30.3 Å². The van der Waals surface area contributed by atoms with Gasteiger partial charge in [-0.1, -0.05) is 30.0 Å². The zero-order valence-corrected chi connectivity index (χ0v) is 15.8. The van der Waals surface area contributed by atoms with Crippen LogP contribution in [0.2, 0.25) is 0 Å². The van der Waals surface area contributed by atoms with E-state index in [4.69, 9.17) is 10.00 Å². The maximum atomic E-state index is 8.91. The van der Waals surface area contributed by atoms with Crippen LogP contribution in [0.1, 0.15) is 24.0 Å². The molecule has 0 amide bonds. The van der Waals surface area contributed by atoms with Crippen molar-refractivity contribution in [2.75, 3.05) is 6.61 Å². The number of hydrogen-bond acceptors (Lipinski definition) is 6. The molecule has 0 bridgehead atoms. The molecule has 0 spiro atoms. The van der Waals surface area contributed by atoms with E-state index in [1.54, 1.807) is 23.1 Å². The van der Waals surface area contributed by atoms with Gasteiger partial charge in [0.05, 0.1) is 29.2 Å². The number of aromatic nitrogens is 3. The first kappa shape index (κ1) is 17.3. The number of ether oxygens (including phenoxy) is 1. The van der Waals surface area contributed by atoms with Crippen LogP contribution in [0.4, 0.5) is 0 Å². The smallest absolute Gasteiger partial charge is 0.191 e. The number of nitriles is 1. The fourth-order valence-corrected chi connectivity index (χ4v) is 4.58. The van der Waals surface area contributed by atoms with Gasteiger partial charge in [-0.25, -0.2) is 0 Å². The molecule has 3 heterocycles. The summed E-state index contributed by atoms with van der Waals surface area (Å²) < 4.78 is 8.02. The van der Waals surface area contributed by atoms with Gasteiger partial charge in [0.25, 0.3) is 0 Å². The number of thioether (sulfide) groups is 1. The van der Waals surface area contributed by atoms with Crippen LogP contribution in [0.25, 0.3) is 10.7 Å². The summed E-state index contributed by atoms with van der Waals surface area (Å²) >= 11 is 3.35. The van der Waals surface area contributed by atoms with Crippen LogP contribution in [0, 0.1) is 11.3 Å². The molecule has 0 N–H and O–H groups in total. The lowest BCUT2D eigenvalue weighted by Gasteiger charge is -2.14. The van der Waals surface area contributed by atoms with Crippen molar-refractivity contribution >= 4 is 23.1 Å². The number of thiophene rings is 1. The molecule has 7 heteroatoms. The molecule has 26 heavy (non-hydrogen) atoms. The Balaban J connectivity index is 1.55. The van der Waals surface area contributed by atoms with E-state index in [9.17, 15) is 0 Å². The van der Waals surface area contributed by atoms with E-state index < -0.39 is 0 Å². The predicted molar refractivity (Wildman–Crippen MR) is 103 cm³/mol. The van der Waals surface area contributed by atoms with Gasteiger partial charge in [-0.3, -0.25) is 4.57 Å². The molecular formula is C19H18N4OS2. The maximum Gasteiger partial charge on any atom is 0.191 e. The van der Waals surface area contributed by atoms with Gasteiger partial charge in [-0.15, -0.1) is 21.5 Å². The quantitative estimate of drug-likeness (QED) is 0.593. The Hall–Kier alpha value is -2.14. The third-order valence-electron chi connectivity index (χ3n) is 4.32. The highest BCUT2D eigenvalue weighted by Gasteiger charge is 2.22. The third-order valence-corrected chi connectivity index (χ3v) is 6.22. The molecule has 0 aliphatic carbocycles. The Labute approximate surface area is 160 Å². The number of nitrogens with zero attached hydrogens (tertiary/aromatic N) is 4. The molecule has 0 radical (unpaired) electrons. The largest absolute Gasteiger partial charge is 0.376 e. The van der Waals surface area contributed by atoms with Crippen molar-refractivity contribution in [1.82, 2.24) is 14.8 Å². The minimum absolute atomic E-state index is 0.235. The molecule has 1 aliphatic rings. The first-order valence-electron chi connectivity index (χ1n) is 8.54. The lowest BCUT2D eigenvalue weighted by Crippen LogP contribution is -2.16. The zero-order chi connectivity index (χ0) is 17.8. The predicted octanol–water partition coefficient (Wildman–Crippen LogP) is 4.35. The fourth-order valence-electron chi connectivity index (χ4n) is 2.96. The van der Waals surface area contributed by atoms with E-state index in [2.05, 4.69) is 32.3 Å². The van der Waals surface area contributed by atoms with Crippen molar-refractivity contribution in [3.63, 3.8) is 0 Å². The zero-order valence-electron chi connectivity index (χ0n) is 14.2. The first-order chi connectivity index (χ1) is 12.8. The highest BCUT2D eigenvalue weighted by Crippen LogP contribution is 2.30. The van der Waals surface area contributed by atoms with E-state index in [0.29, 0.717) is 5.56 Å². The molecule has 1 atom stereocenters. The minimum atomic E-state index is 0.235. The molecule has 1 unspecified atom stereocenters. The average molecular weight is 383 g/mol. The molecule has 5 nitrogen and oxygen atoms in total. The summed E-state index contributed by atoms with van der Waals surface area (Å²) in [5.74, 6) is 1.71. The monoisotopic (exact) mass is 382 g/mol. The van der Waals surface area contributed by atoms with Crippen molar-refractivity contribution in [2.24, 2.45) is 0 Å². The van der Waals surface area contributed by atoms with E-state index in [1.165, 1.54) is 5.56 Å². The van der Waals surface area contributed by atoms with Crippen LogP contribution in [0.5, 0.6) is 0 Å². The second-order valence-corrected chi connectivity index (χ2v) is 8.02. The topological polar surface area (TPSA) is 63.7 Å². The summed E-state index contributed by atoms with van der Waals surface area (Å²) in [4.78, 5) is 1.13. The molecule has 1 saturated heterocycles. The molecule has 3 aromatic rings. The number of rotatable bonds is 6. The second-order valence-electron chi connectivity index (χ2n) is 6.13. The van der Waals surface area contributed by atoms with Crippen LogP contribution in [-0.4, -0.2) is 27.5 Å². The van der Waals surface area contributed by atoms with Gasteiger partial charge in [0, 0.05) is 12.4 Å². The van der Waals surface area contributed by atoms with E-state index in [-0.39, 0.29) is 6.10 Å². The highest BCUT2D eigenvalue weighted by molar-refractivity contribution is 7.98. The average Bonchev–Trinajstić information content (AvgIpc) is 3.43. The Kier molecular flexibility index (Phi) is 5.34. The molecule has 0 saturated carbocycles. The molecule has 1 aromatic carbocycles. The van der Waals surface area contributed by atoms with Crippen LogP contribution in [0.3, 0.4) is 0 Å². The SMILES string of the molecule is N#Cc1ccc(CSc2nnc(-c3cccs3)n2CC2CCCO2)cc1. The normalized spacial score (nSPS) is 16.7. The van der Waals surface area contributed by atoms with Crippen molar-refractivity contribution < 1.29 is 4.74 Å². The highest BCUT2D eigenvalue weighted by atomic mass is 32.2. The lowest BCUT2D eigenvalue weighted by molar-refractivity contribution is 0.0953. The summed E-state index contributed by atoms with van der Waals surface area (Å²) in [6.07, 6.45) is 2.44. The molecule has 1 fully saturated rings. The van der Waals surface area contributed by atoms with Crippen molar-refractivity contribution in [3.8, 4) is 16.8 Å². The van der Waals surface area contributed by atoms with Crippen LogP contribution < -0.4 is 0 Å². The van der Waals surface area contributed by atoms with E-state index >= 15 is 0 Å². The van der Waals surface area contributed by atoms with Crippen LogP contribution in [0.15, 0.2) is 46.9 Å². The summed E-state index contributed by atoms with van der Waals surface area (Å²) in [6, 6.07) is 14.0. The number of benzene rings is 1. The van der Waals surface area contributed by atoms with Crippen molar-refractivity contribution in [2.45, 2.75) is 36.4 Å². The Morgan fingerprint density at radius 2 is 2.15 bits per heavy atom. The van der Waals surface area contributed by atoms with Crippen LogP contribution in [-0.2, 0) is 17.0 Å². The maximum absolute atomic E-state index is 8.91. The Morgan fingerprint density at radius 1 is 1.27 bits per heavy atom. The summed E-state index contributed by atoms with van der Waals surface area (Å²) in [6.45, 7) is 1.63. The molecule has 132 valence electrons. The van der Waals surface area contributed by atoms with Gasteiger partial charge in [-0.2, -0.15) is 5.26 Å². The van der Waals surface area contributed by atoms with Gasteiger partial charge in [0.2, 0.25) is 0 Å². The molecular weight excluding hydrogens is 364 g/mol. The summed E-state index contributed by atoms with van der Waals surface area (Å²) in [7, 11) is 0. The van der Waals surface area contributed by atoms with Gasteiger partial charge in [0.15, 0.2) is 11.0 Å². The third kappa shape index (κ3) is 3.83. The van der Waals surface area contributed by atoms with Crippen LogP contribution >= 0.6 is 23.1 Å². The molecule has 4 rings (SSSR count). The fraction of sp³-hybridized carbons (Fsp3) is 0.316. The summed E-state index contributed by atoms with van der Waals surface area (Å²) in [5, 5.41) is 20.8. The second kappa shape index (κ2) is 8.04. The Morgan fingerprint density at radius 3 is 2.85 bits per heavy atom. The van der Waals surface area contributed by atoms with Gasteiger partial charge in [0.1, 0.15) is 0 Å². The van der Waals surface area contributed by atoms with Gasteiger partial charge >= 0.3 is 0 Å². The first-order valence-corrected chi connectivity index (χ1v) is 10.4. The van der Waals surface area contributed by atoms with E-state index in [0.717, 1.165) is 47.6 Å². The van der Waals surface area contributed by atoms with Gasteiger partial charge in [-0.05, 0) is 42.0 Å². The van der Waals surface area contributed by atoms with Gasteiger partial charge < -0.3 is 4.74 Å². The Bertz CT molecular complexity index is 891. The number of hydrogen-bond donors (Lipinski definition) is 0. The standard InChI is InChI=1S/C19H18N4OS2/c20-11-14-5-7-15(8-6-14)13-26-19-22-21-18(17-4-2-10-25-17)23(19)12-16-3-1-9-24-16/h2,4-8,10,16H,1,3,9,12-13H2. The minimum Gasteiger partial charge on any atom is -0.376 e. The molecule has 2 aromatic heterocycles. The summed E-state index contributed by atoms with van der Waals surface area (Å²) in [5.41, 5.74) is 1.85. The lowest BCUT2D eigenvalue weighted by atomic mass is 10.2.